The number of rotatable bonds is 3. The Balaban J connectivity index is 1.96. The van der Waals surface area contributed by atoms with E-state index in [0.717, 1.165) is 16.7 Å². The first kappa shape index (κ1) is 18.8. The SMILES string of the molecule is CC1(C)CC(O)CC(c2ccc(F)cc2)=C1/C=C/[C@@H]1C[C@@H](O)CC(=O)O1. The Bertz CT molecular complexity index is 733. The van der Waals surface area contributed by atoms with Crippen molar-refractivity contribution < 1.29 is 24.1 Å². The topological polar surface area (TPSA) is 66.8 Å². The highest BCUT2D eigenvalue weighted by molar-refractivity contribution is 5.74. The van der Waals surface area contributed by atoms with Crippen molar-refractivity contribution in [2.24, 2.45) is 5.41 Å². The molecule has 1 heterocycles. The molecule has 5 heteroatoms. The number of aliphatic hydroxyl groups is 2. The molecule has 3 rings (SSSR count). The van der Waals surface area contributed by atoms with Crippen LogP contribution in [-0.2, 0) is 9.53 Å². The zero-order valence-electron chi connectivity index (χ0n) is 15.1. The maximum absolute atomic E-state index is 13.3. The van der Waals surface area contributed by atoms with Crippen LogP contribution in [0.1, 0.15) is 45.1 Å². The quantitative estimate of drug-likeness (QED) is 0.811. The van der Waals surface area contributed by atoms with Crippen molar-refractivity contribution in [3.63, 3.8) is 0 Å². The van der Waals surface area contributed by atoms with E-state index in [1.54, 1.807) is 18.2 Å². The summed E-state index contributed by atoms with van der Waals surface area (Å²) in [6.45, 7) is 4.11. The van der Waals surface area contributed by atoms with Crippen molar-refractivity contribution in [1.29, 1.82) is 0 Å². The highest BCUT2D eigenvalue weighted by atomic mass is 19.1. The van der Waals surface area contributed by atoms with Gasteiger partial charge in [0.15, 0.2) is 0 Å². The molecule has 1 aromatic rings. The summed E-state index contributed by atoms with van der Waals surface area (Å²) in [6, 6.07) is 6.27. The van der Waals surface area contributed by atoms with Crippen molar-refractivity contribution in [3.05, 3.63) is 53.4 Å². The molecular weight excluding hydrogens is 335 g/mol. The van der Waals surface area contributed by atoms with Gasteiger partial charge in [0.1, 0.15) is 11.9 Å². The Hall–Kier alpha value is -1.98. The van der Waals surface area contributed by atoms with Crippen LogP contribution in [-0.4, -0.2) is 34.5 Å². The minimum absolute atomic E-state index is 0.0333. The van der Waals surface area contributed by atoms with Gasteiger partial charge >= 0.3 is 5.97 Å². The minimum Gasteiger partial charge on any atom is -0.458 e. The second kappa shape index (κ2) is 7.33. The lowest BCUT2D eigenvalue weighted by molar-refractivity contribution is -0.156. The molecule has 140 valence electrons. The van der Waals surface area contributed by atoms with Crippen LogP contribution in [0, 0.1) is 11.2 Å². The molecule has 1 saturated heterocycles. The van der Waals surface area contributed by atoms with Gasteiger partial charge < -0.3 is 14.9 Å². The number of cyclic esters (lactones) is 1. The summed E-state index contributed by atoms with van der Waals surface area (Å²) in [5.41, 5.74) is 2.59. The van der Waals surface area contributed by atoms with Crippen LogP contribution in [0.2, 0.25) is 0 Å². The summed E-state index contributed by atoms with van der Waals surface area (Å²) < 4.78 is 18.6. The third kappa shape index (κ3) is 4.22. The summed E-state index contributed by atoms with van der Waals surface area (Å²) in [5, 5.41) is 20.1. The second-order valence-corrected chi connectivity index (χ2v) is 7.83. The van der Waals surface area contributed by atoms with Gasteiger partial charge in [-0.25, -0.2) is 4.39 Å². The Kier molecular flexibility index (Phi) is 5.30. The van der Waals surface area contributed by atoms with E-state index < -0.39 is 24.3 Å². The highest BCUT2D eigenvalue weighted by Gasteiger charge is 2.34. The van der Waals surface area contributed by atoms with Crippen LogP contribution < -0.4 is 0 Å². The fraction of sp³-hybridized carbons (Fsp3) is 0.476. The van der Waals surface area contributed by atoms with E-state index in [0.29, 0.717) is 19.3 Å². The molecule has 0 spiro atoms. The van der Waals surface area contributed by atoms with Gasteiger partial charge in [0.05, 0.1) is 18.6 Å². The first-order valence-electron chi connectivity index (χ1n) is 8.98. The zero-order chi connectivity index (χ0) is 18.9. The molecule has 4 nitrogen and oxygen atoms in total. The third-order valence-electron chi connectivity index (χ3n) is 5.10. The average molecular weight is 360 g/mol. The maximum Gasteiger partial charge on any atom is 0.309 e. The maximum atomic E-state index is 13.3. The van der Waals surface area contributed by atoms with E-state index in [-0.39, 0.29) is 17.7 Å². The normalized spacial score (nSPS) is 29.1. The molecule has 2 aliphatic rings. The lowest BCUT2D eigenvalue weighted by Gasteiger charge is -2.37. The summed E-state index contributed by atoms with van der Waals surface area (Å²) in [7, 11) is 0. The van der Waals surface area contributed by atoms with Crippen molar-refractivity contribution in [1.82, 2.24) is 0 Å². The average Bonchev–Trinajstić information content (AvgIpc) is 2.52. The van der Waals surface area contributed by atoms with E-state index in [9.17, 15) is 19.4 Å². The molecule has 0 radical (unpaired) electrons. The summed E-state index contributed by atoms with van der Waals surface area (Å²) >= 11 is 0. The molecule has 1 aliphatic carbocycles. The minimum atomic E-state index is -0.683. The van der Waals surface area contributed by atoms with Gasteiger partial charge in [0, 0.05) is 6.42 Å². The summed E-state index contributed by atoms with van der Waals surface area (Å²) in [6.07, 6.45) is 3.64. The van der Waals surface area contributed by atoms with Crippen molar-refractivity contribution in [3.8, 4) is 0 Å². The molecule has 1 aliphatic heterocycles. The van der Waals surface area contributed by atoms with Gasteiger partial charge in [-0.3, -0.25) is 4.79 Å². The first-order chi connectivity index (χ1) is 12.2. The molecule has 0 saturated carbocycles. The fourth-order valence-electron chi connectivity index (χ4n) is 3.91. The molecule has 1 fully saturated rings. The Morgan fingerprint density at radius 2 is 1.85 bits per heavy atom. The number of carbonyl (C=O) groups is 1. The molecule has 0 amide bonds. The van der Waals surface area contributed by atoms with Crippen molar-refractivity contribution in [2.45, 2.75) is 57.8 Å². The molecule has 1 unspecified atom stereocenters. The Morgan fingerprint density at radius 3 is 2.50 bits per heavy atom. The van der Waals surface area contributed by atoms with E-state index in [4.69, 9.17) is 4.74 Å². The Morgan fingerprint density at radius 1 is 1.15 bits per heavy atom. The van der Waals surface area contributed by atoms with Gasteiger partial charge in [-0.05, 0) is 53.2 Å². The number of hydrogen-bond donors (Lipinski definition) is 2. The number of esters is 1. The number of carbonyl (C=O) groups excluding carboxylic acids is 1. The summed E-state index contributed by atoms with van der Waals surface area (Å²) in [5.74, 6) is -0.699. The van der Waals surface area contributed by atoms with Crippen LogP contribution in [0.3, 0.4) is 0 Å². The highest BCUT2D eigenvalue weighted by Crippen LogP contribution is 2.44. The van der Waals surface area contributed by atoms with E-state index >= 15 is 0 Å². The molecule has 3 atom stereocenters. The standard InChI is InChI=1S/C21H25FO4/c1-21(2)12-16(24)10-18(13-3-5-14(22)6-4-13)19(21)8-7-17-9-15(23)11-20(25)26-17/h3-8,15-17,23-24H,9-12H2,1-2H3/b8-7+/t15-,16?,17-/m1/s1. The fourth-order valence-corrected chi connectivity index (χ4v) is 3.91. The number of allylic oxidation sites excluding steroid dienone is 2. The lowest BCUT2D eigenvalue weighted by Crippen LogP contribution is -2.32. The van der Waals surface area contributed by atoms with E-state index in [1.165, 1.54) is 12.1 Å². The molecule has 26 heavy (non-hydrogen) atoms. The monoisotopic (exact) mass is 360 g/mol. The van der Waals surface area contributed by atoms with Gasteiger partial charge in [0.2, 0.25) is 0 Å². The van der Waals surface area contributed by atoms with Gasteiger partial charge in [-0.1, -0.05) is 32.1 Å². The zero-order valence-corrected chi connectivity index (χ0v) is 15.1. The first-order valence-corrected chi connectivity index (χ1v) is 8.98. The smallest absolute Gasteiger partial charge is 0.309 e. The predicted molar refractivity (Wildman–Crippen MR) is 96.6 cm³/mol. The van der Waals surface area contributed by atoms with Gasteiger partial charge in [-0.15, -0.1) is 0 Å². The number of benzene rings is 1. The van der Waals surface area contributed by atoms with Crippen LogP contribution in [0.25, 0.3) is 5.57 Å². The van der Waals surface area contributed by atoms with Crippen LogP contribution in [0.4, 0.5) is 4.39 Å². The number of aliphatic hydroxyl groups excluding tert-OH is 2. The number of hydrogen-bond acceptors (Lipinski definition) is 4. The predicted octanol–water partition coefficient (Wildman–Crippen LogP) is 3.38. The van der Waals surface area contributed by atoms with Crippen LogP contribution in [0.15, 0.2) is 42.0 Å². The Labute approximate surface area is 153 Å². The van der Waals surface area contributed by atoms with Crippen LogP contribution in [0.5, 0.6) is 0 Å². The van der Waals surface area contributed by atoms with Gasteiger partial charge in [-0.2, -0.15) is 0 Å². The molecular formula is C21H25FO4. The largest absolute Gasteiger partial charge is 0.458 e. The number of halogens is 1. The van der Waals surface area contributed by atoms with Crippen LogP contribution >= 0.6 is 0 Å². The summed E-state index contributed by atoms with van der Waals surface area (Å²) in [4.78, 5) is 11.5. The third-order valence-corrected chi connectivity index (χ3v) is 5.10. The molecule has 0 aromatic heterocycles. The lowest BCUT2D eigenvalue weighted by atomic mass is 9.69. The number of ether oxygens (including phenoxy) is 1. The van der Waals surface area contributed by atoms with Gasteiger partial charge in [0.25, 0.3) is 0 Å². The molecule has 0 bridgehead atoms. The molecule has 2 N–H and O–H groups in total. The van der Waals surface area contributed by atoms with Crippen molar-refractivity contribution in [2.75, 3.05) is 0 Å². The van der Waals surface area contributed by atoms with E-state index in [1.807, 2.05) is 6.08 Å². The van der Waals surface area contributed by atoms with E-state index in [2.05, 4.69) is 13.8 Å². The molecule has 1 aromatic carbocycles. The second-order valence-electron chi connectivity index (χ2n) is 7.83. The van der Waals surface area contributed by atoms with Crippen molar-refractivity contribution >= 4 is 11.5 Å².